The molecule has 30 heavy (non-hydrogen) atoms. The highest BCUT2D eigenvalue weighted by Crippen LogP contribution is 2.37. The van der Waals surface area contributed by atoms with Crippen molar-refractivity contribution in [2.24, 2.45) is 0 Å². The van der Waals surface area contributed by atoms with E-state index in [9.17, 15) is 4.79 Å². The third kappa shape index (κ3) is 4.44. The maximum atomic E-state index is 13.3. The lowest BCUT2D eigenvalue weighted by atomic mass is 10.0. The second-order valence-corrected chi connectivity index (χ2v) is 7.36. The highest BCUT2D eigenvalue weighted by atomic mass is 16.5. The maximum Gasteiger partial charge on any atom is 0.235 e. The molecule has 0 amide bonds. The fraction of sp³-hybridized carbons (Fsp3) is 0.375. The van der Waals surface area contributed by atoms with Gasteiger partial charge in [-0.3, -0.25) is 4.79 Å². The van der Waals surface area contributed by atoms with Crippen molar-refractivity contribution < 1.29 is 23.4 Å². The Labute approximate surface area is 176 Å². The predicted octanol–water partition coefficient (Wildman–Crippen LogP) is 4.90. The molecule has 0 aliphatic carbocycles. The second kappa shape index (κ2) is 9.22. The Morgan fingerprint density at radius 2 is 1.63 bits per heavy atom. The van der Waals surface area contributed by atoms with E-state index >= 15 is 0 Å². The van der Waals surface area contributed by atoms with Crippen molar-refractivity contribution in [1.82, 2.24) is 0 Å². The van der Waals surface area contributed by atoms with Crippen molar-refractivity contribution in [3.8, 4) is 28.6 Å². The summed E-state index contributed by atoms with van der Waals surface area (Å²) >= 11 is 0. The minimum Gasteiger partial charge on any atom is -0.493 e. The van der Waals surface area contributed by atoms with Gasteiger partial charge in [0, 0.05) is 5.56 Å². The van der Waals surface area contributed by atoms with Gasteiger partial charge in [-0.25, -0.2) is 0 Å². The molecule has 3 rings (SSSR count). The van der Waals surface area contributed by atoms with Gasteiger partial charge in [0.2, 0.25) is 11.2 Å². The van der Waals surface area contributed by atoms with E-state index < -0.39 is 0 Å². The molecule has 0 spiro atoms. The van der Waals surface area contributed by atoms with Crippen LogP contribution in [-0.2, 0) is 4.74 Å². The van der Waals surface area contributed by atoms with Crippen LogP contribution in [0.5, 0.6) is 17.2 Å². The van der Waals surface area contributed by atoms with Crippen LogP contribution in [0.4, 0.5) is 0 Å². The Kier molecular flexibility index (Phi) is 6.67. The average Bonchev–Trinajstić information content (AvgIpc) is 2.73. The first kappa shape index (κ1) is 21.7. The third-order valence-electron chi connectivity index (χ3n) is 4.89. The summed E-state index contributed by atoms with van der Waals surface area (Å²) in [6.45, 7) is 8.45. The highest BCUT2D eigenvalue weighted by molar-refractivity contribution is 5.83. The van der Waals surface area contributed by atoms with Crippen molar-refractivity contribution in [1.29, 1.82) is 0 Å². The number of fused-ring (bicyclic) bond motifs is 1. The van der Waals surface area contributed by atoms with Crippen LogP contribution >= 0.6 is 0 Å². The second-order valence-electron chi connectivity index (χ2n) is 7.36. The molecule has 0 atom stereocenters. The molecule has 1 aromatic heterocycles. The van der Waals surface area contributed by atoms with Crippen LogP contribution in [0.2, 0.25) is 0 Å². The molecule has 6 heteroatoms. The first-order valence-corrected chi connectivity index (χ1v) is 9.90. The van der Waals surface area contributed by atoms with Crippen LogP contribution in [0.15, 0.2) is 39.5 Å². The normalized spacial score (nSPS) is 11.2. The molecule has 0 aliphatic rings. The lowest BCUT2D eigenvalue weighted by molar-refractivity contribution is 0.0549. The Balaban J connectivity index is 2.16. The van der Waals surface area contributed by atoms with Gasteiger partial charge in [0.25, 0.3) is 0 Å². The number of aryl methyl sites for hydroxylation is 2. The van der Waals surface area contributed by atoms with E-state index in [1.807, 2.05) is 45.9 Å². The molecule has 2 aromatic carbocycles. The molecule has 160 valence electrons. The van der Waals surface area contributed by atoms with Crippen LogP contribution in [-0.4, -0.2) is 33.5 Å². The van der Waals surface area contributed by atoms with Crippen LogP contribution < -0.4 is 19.6 Å². The van der Waals surface area contributed by atoms with Crippen molar-refractivity contribution >= 4 is 11.0 Å². The summed E-state index contributed by atoms with van der Waals surface area (Å²) in [4.78, 5) is 13.3. The molecule has 0 N–H and O–H groups in total. The van der Waals surface area contributed by atoms with E-state index in [4.69, 9.17) is 23.4 Å². The van der Waals surface area contributed by atoms with Gasteiger partial charge in [0.05, 0.1) is 32.3 Å². The zero-order valence-corrected chi connectivity index (χ0v) is 18.3. The molecule has 0 saturated carbocycles. The molecule has 6 nitrogen and oxygen atoms in total. The summed E-state index contributed by atoms with van der Waals surface area (Å²) in [6, 6.07) is 9.06. The van der Waals surface area contributed by atoms with Gasteiger partial charge >= 0.3 is 0 Å². The number of hydrogen-bond acceptors (Lipinski definition) is 6. The number of methoxy groups -OCH3 is 2. The third-order valence-corrected chi connectivity index (χ3v) is 4.89. The van der Waals surface area contributed by atoms with E-state index in [0.29, 0.717) is 40.4 Å². The van der Waals surface area contributed by atoms with Crippen molar-refractivity contribution in [3.63, 3.8) is 0 Å². The van der Waals surface area contributed by atoms with E-state index in [1.165, 1.54) is 0 Å². The van der Waals surface area contributed by atoms with Gasteiger partial charge in [-0.1, -0.05) is 0 Å². The highest BCUT2D eigenvalue weighted by Gasteiger charge is 2.20. The molecular formula is C24H28O6. The van der Waals surface area contributed by atoms with Gasteiger partial charge in [-0.15, -0.1) is 0 Å². The molecular weight excluding hydrogens is 384 g/mol. The van der Waals surface area contributed by atoms with E-state index in [-0.39, 0.29) is 23.9 Å². The minimum absolute atomic E-state index is 0.0811. The predicted molar refractivity (Wildman–Crippen MR) is 117 cm³/mol. The number of rotatable bonds is 8. The van der Waals surface area contributed by atoms with Crippen molar-refractivity contribution in [2.75, 3.05) is 27.4 Å². The molecule has 0 bridgehead atoms. The molecule has 0 aliphatic heterocycles. The molecule has 1 heterocycles. The summed E-state index contributed by atoms with van der Waals surface area (Å²) in [5.41, 5.74) is 3.02. The summed E-state index contributed by atoms with van der Waals surface area (Å²) in [5.74, 6) is 1.63. The zero-order valence-electron chi connectivity index (χ0n) is 18.3. The van der Waals surface area contributed by atoms with E-state index in [0.717, 1.165) is 11.1 Å². The average molecular weight is 412 g/mol. The van der Waals surface area contributed by atoms with E-state index in [1.54, 1.807) is 26.4 Å². The molecule has 3 aromatic rings. The smallest absolute Gasteiger partial charge is 0.235 e. The Hall–Kier alpha value is -2.99. The van der Waals surface area contributed by atoms with Crippen molar-refractivity contribution in [3.05, 3.63) is 51.7 Å². The number of hydrogen-bond donors (Lipinski definition) is 0. The maximum absolute atomic E-state index is 13.3. The van der Waals surface area contributed by atoms with Crippen LogP contribution in [0.1, 0.15) is 25.0 Å². The first-order valence-electron chi connectivity index (χ1n) is 9.90. The topological polar surface area (TPSA) is 67.1 Å². The quantitative estimate of drug-likeness (QED) is 0.491. The largest absolute Gasteiger partial charge is 0.493 e. The summed E-state index contributed by atoms with van der Waals surface area (Å²) in [5, 5.41) is 0.488. The zero-order chi connectivity index (χ0) is 21.8. The number of benzene rings is 2. The first-order chi connectivity index (χ1) is 14.3. The lowest BCUT2D eigenvalue weighted by Crippen LogP contribution is -2.16. The standard InChI is InChI=1S/C24H28O6/c1-14(2)28-9-10-29-24-22(25)18-11-15(3)16(4)12-20(18)30-23(24)17-7-8-19(26-5)21(13-17)27-6/h7-8,11-14H,9-10H2,1-6H3. The molecule has 0 saturated heterocycles. The van der Waals surface area contributed by atoms with Crippen LogP contribution in [0.3, 0.4) is 0 Å². The van der Waals surface area contributed by atoms with Gasteiger partial charge in [-0.05, 0) is 69.2 Å². The Morgan fingerprint density at radius 1 is 0.933 bits per heavy atom. The van der Waals surface area contributed by atoms with Crippen LogP contribution in [0, 0.1) is 13.8 Å². The minimum atomic E-state index is -0.214. The van der Waals surface area contributed by atoms with Gasteiger partial charge in [0.15, 0.2) is 17.3 Å². The monoisotopic (exact) mass is 412 g/mol. The lowest BCUT2D eigenvalue weighted by Gasteiger charge is -2.15. The van der Waals surface area contributed by atoms with Crippen molar-refractivity contribution in [2.45, 2.75) is 33.8 Å². The fourth-order valence-corrected chi connectivity index (χ4v) is 3.16. The van der Waals surface area contributed by atoms with Crippen LogP contribution in [0.25, 0.3) is 22.3 Å². The SMILES string of the molecule is COc1ccc(-c2oc3cc(C)c(C)cc3c(=O)c2OCCOC(C)C)cc1OC. The summed E-state index contributed by atoms with van der Waals surface area (Å²) in [7, 11) is 3.13. The molecule has 0 unspecified atom stereocenters. The summed E-state index contributed by atoms with van der Waals surface area (Å²) < 4.78 is 28.3. The molecule has 0 radical (unpaired) electrons. The fourth-order valence-electron chi connectivity index (χ4n) is 3.16. The number of ether oxygens (including phenoxy) is 4. The Bertz CT molecular complexity index is 1100. The van der Waals surface area contributed by atoms with Gasteiger partial charge in [0.1, 0.15) is 12.2 Å². The van der Waals surface area contributed by atoms with Gasteiger partial charge < -0.3 is 23.4 Å². The van der Waals surface area contributed by atoms with Gasteiger partial charge in [-0.2, -0.15) is 0 Å². The van der Waals surface area contributed by atoms with E-state index in [2.05, 4.69) is 0 Å². The molecule has 0 fully saturated rings. The summed E-state index contributed by atoms with van der Waals surface area (Å²) in [6.07, 6.45) is 0.0811. The Morgan fingerprint density at radius 3 is 2.30 bits per heavy atom.